The van der Waals surface area contributed by atoms with Crippen molar-refractivity contribution in [2.75, 3.05) is 6.61 Å². The number of carbonyl (C=O) groups is 1. The number of aliphatic hydroxyl groups excluding tert-OH is 1. The first-order valence-electron chi connectivity index (χ1n) is 5.90. The SMILES string of the molecule is CC[C@@H](CO)NC(=O)C1Cc2ccccc2O1. The molecular weight excluding hydrogens is 218 g/mol. The van der Waals surface area contributed by atoms with Gasteiger partial charge in [0.05, 0.1) is 12.6 Å². The first kappa shape index (κ1) is 11.9. The lowest BCUT2D eigenvalue weighted by atomic mass is 10.1. The van der Waals surface area contributed by atoms with Crippen molar-refractivity contribution >= 4 is 5.91 Å². The van der Waals surface area contributed by atoms with Crippen LogP contribution in [0.2, 0.25) is 0 Å². The summed E-state index contributed by atoms with van der Waals surface area (Å²) in [4.78, 5) is 11.9. The maximum atomic E-state index is 11.9. The predicted molar refractivity (Wildman–Crippen MR) is 63.9 cm³/mol. The number of fused-ring (bicyclic) bond motifs is 1. The van der Waals surface area contributed by atoms with E-state index in [-0.39, 0.29) is 18.6 Å². The molecule has 0 saturated heterocycles. The minimum atomic E-state index is -0.465. The molecular formula is C13H17NO3. The molecule has 0 aliphatic carbocycles. The van der Waals surface area contributed by atoms with Gasteiger partial charge in [0.15, 0.2) is 6.10 Å². The number of aliphatic hydroxyl groups is 1. The molecule has 1 aliphatic heterocycles. The number of rotatable bonds is 4. The van der Waals surface area contributed by atoms with Crippen LogP contribution in [0.1, 0.15) is 18.9 Å². The van der Waals surface area contributed by atoms with Crippen LogP contribution in [0.15, 0.2) is 24.3 Å². The first-order valence-corrected chi connectivity index (χ1v) is 5.90. The Labute approximate surface area is 101 Å². The minimum Gasteiger partial charge on any atom is -0.480 e. The maximum Gasteiger partial charge on any atom is 0.261 e. The molecule has 92 valence electrons. The van der Waals surface area contributed by atoms with E-state index >= 15 is 0 Å². The number of benzene rings is 1. The molecule has 1 aliphatic rings. The molecule has 1 aromatic rings. The van der Waals surface area contributed by atoms with Crippen LogP contribution in [0, 0.1) is 0 Å². The van der Waals surface area contributed by atoms with Gasteiger partial charge >= 0.3 is 0 Å². The Morgan fingerprint density at radius 3 is 3.00 bits per heavy atom. The Balaban J connectivity index is 1.96. The van der Waals surface area contributed by atoms with Crippen molar-refractivity contribution < 1.29 is 14.6 Å². The van der Waals surface area contributed by atoms with Gasteiger partial charge in [-0.2, -0.15) is 0 Å². The summed E-state index contributed by atoms with van der Waals surface area (Å²) in [7, 11) is 0. The molecule has 4 nitrogen and oxygen atoms in total. The third kappa shape index (κ3) is 2.58. The van der Waals surface area contributed by atoms with E-state index in [4.69, 9.17) is 9.84 Å². The van der Waals surface area contributed by atoms with E-state index in [0.717, 1.165) is 11.3 Å². The minimum absolute atomic E-state index is 0.0398. The van der Waals surface area contributed by atoms with E-state index in [2.05, 4.69) is 5.32 Å². The van der Waals surface area contributed by atoms with Crippen molar-refractivity contribution in [1.29, 1.82) is 0 Å². The number of amides is 1. The van der Waals surface area contributed by atoms with Crippen LogP contribution >= 0.6 is 0 Å². The summed E-state index contributed by atoms with van der Waals surface area (Å²) in [6, 6.07) is 7.47. The van der Waals surface area contributed by atoms with Gasteiger partial charge in [-0.25, -0.2) is 0 Å². The average Bonchev–Trinajstić information content (AvgIpc) is 2.79. The topological polar surface area (TPSA) is 58.6 Å². The number of ether oxygens (including phenoxy) is 1. The highest BCUT2D eigenvalue weighted by molar-refractivity contribution is 5.82. The predicted octanol–water partition coefficient (Wildman–Crippen LogP) is 0.877. The van der Waals surface area contributed by atoms with Crippen molar-refractivity contribution in [3.8, 4) is 5.75 Å². The van der Waals surface area contributed by atoms with Gasteiger partial charge in [0.1, 0.15) is 5.75 Å². The van der Waals surface area contributed by atoms with Gasteiger partial charge in [0.25, 0.3) is 5.91 Å². The Bertz CT molecular complexity index is 376. The summed E-state index contributed by atoms with van der Waals surface area (Å²) in [5.74, 6) is 0.631. The molecule has 0 bridgehead atoms. The van der Waals surface area contributed by atoms with Crippen molar-refractivity contribution in [2.24, 2.45) is 0 Å². The van der Waals surface area contributed by atoms with Crippen LogP contribution in [0.4, 0.5) is 0 Å². The van der Waals surface area contributed by atoms with E-state index in [1.54, 1.807) is 0 Å². The van der Waals surface area contributed by atoms with E-state index in [1.807, 2.05) is 31.2 Å². The smallest absolute Gasteiger partial charge is 0.261 e. The van der Waals surface area contributed by atoms with E-state index in [1.165, 1.54) is 0 Å². The fourth-order valence-electron chi connectivity index (χ4n) is 1.90. The largest absolute Gasteiger partial charge is 0.480 e. The standard InChI is InChI=1S/C13H17NO3/c1-2-10(8-15)14-13(16)12-7-9-5-3-4-6-11(9)17-12/h3-6,10,12,15H,2,7-8H2,1H3,(H,14,16)/t10-,12?/m0/s1. The molecule has 1 amide bonds. The number of nitrogens with one attached hydrogen (secondary N) is 1. The highest BCUT2D eigenvalue weighted by Gasteiger charge is 2.29. The van der Waals surface area contributed by atoms with E-state index < -0.39 is 6.10 Å². The second-order valence-electron chi connectivity index (χ2n) is 4.21. The molecule has 2 N–H and O–H groups in total. The normalized spacial score (nSPS) is 19.3. The Hall–Kier alpha value is -1.55. The van der Waals surface area contributed by atoms with Gasteiger partial charge in [-0.1, -0.05) is 25.1 Å². The van der Waals surface area contributed by atoms with Crippen molar-refractivity contribution in [1.82, 2.24) is 5.32 Å². The van der Waals surface area contributed by atoms with Gasteiger partial charge in [0, 0.05) is 6.42 Å². The zero-order valence-corrected chi connectivity index (χ0v) is 9.85. The molecule has 0 saturated carbocycles. The number of carbonyl (C=O) groups excluding carboxylic acids is 1. The van der Waals surface area contributed by atoms with Crippen LogP contribution in [-0.4, -0.2) is 29.8 Å². The fourth-order valence-corrected chi connectivity index (χ4v) is 1.90. The zero-order chi connectivity index (χ0) is 12.3. The summed E-state index contributed by atoms with van der Waals surface area (Å²) in [6.45, 7) is 1.88. The molecule has 1 heterocycles. The highest BCUT2D eigenvalue weighted by atomic mass is 16.5. The van der Waals surface area contributed by atoms with Gasteiger partial charge in [-0.15, -0.1) is 0 Å². The van der Waals surface area contributed by atoms with E-state index in [9.17, 15) is 4.79 Å². The Kier molecular flexibility index (Phi) is 3.64. The van der Waals surface area contributed by atoms with Gasteiger partial charge in [-0.3, -0.25) is 4.79 Å². The lowest BCUT2D eigenvalue weighted by Crippen LogP contribution is -2.44. The van der Waals surface area contributed by atoms with Crippen molar-refractivity contribution in [3.63, 3.8) is 0 Å². The lowest BCUT2D eigenvalue weighted by molar-refractivity contribution is -0.128. The summed E-state index contributed by atoms with van der Waals surface area (Å²) >= 11 is 0. The van der Waals surface area contributed by atoms with Gasteiger partial charge in [0.2, 0.25) is 0 Å². The molecule has 1 unspecified atom stereocenters. The van der Waals surface area contributed by atoms with E-state index in [0.29, 0.717) is 12.8 Å². The average molecular weight is 235 g/mol. The van der Waals surface area contributed by atoms with Crippen LogP contribution < -0.4 is 10.1 Å². The number of para-hydroxylation sites is 1. The summed E-state index contributed by atoms with van der Waals surface area (Å²) in [5, 5.41) is 11.8. The third-order valence-electron chi connectivity index (χ3n) is 3.00. The molecule has 2 atom stereocenters. The van der Waals surface area contributed by atoms with Crippen LogP contribution in [0.3, 0.4) is 0 Å². The maximum absolute atomic E-state index is 11.9. The first-order chi connectivity index (χ1) is 8.24. The Morgan fingerprint density at radius 2 is 2.35 bits per heavy atom. The quantitative estimate of drug-likeness (QED) is 0.814. The molecule has 0 fully saturated rings. The Morgan fingerprint density at radius 1 is 1.59 bits per heavy atom. The second kappa shape index (κ2) is 5.19. The number of hydrogen-bond donors (Lipinski definition) is 2. The molecule has 4 heteroatoms. The molecule has 2 rings (SSSR count). The third-order valence-corrected chi connectivity index (χ3v) is 3.00. The fraction of sp³-hybridized carbons (Fsp3) is 0.462. The van der Waals surface area contributed by atoms with Crippen molar-refractivity contribution in [3.05, 3.63) is 29.8 Å². The second-order valence-corrected chi connectivity index (χ2v) is 4.21. The monoisotopic (exact) mass is 235 g/mol. The summed E-state index contributed by atoms with van der Waals surface area (Å²) in [6.07, 6.45) is 0.846. The van der Waals surface area contributed by atoms with Crippen LogP contribution in [0.5, 0.6) is 5.75 Å². The van der Waals surface area contributed by atoms with Crippen molar-refractivity contribution in [2.45, 2.75) is 31.9 Å². The molecule has 1 aromatic carbocycles. The molecule has 17 heavy (non-hydrogen) atoms. The number of hydrogen-bond acceptors (Lipinski definition) is 3. The van der Waals surface area contributed by atoms with Crippen LogP contribution in [-0.2, 0) is 11.2 Å². The van der Waals surface area contributed by atoms with Gasteiger partial charge in [-0.05, 0) is 18.1 Å². The lowest BCUT2D eigenvalue weighted by Gasteiger charge is -2.17. The van der Waals surface area contributed by atoms with Crippen LogP contribution in [0.25, 0.3) is 0 Å². The summed E-state index contributed by atoms with van der Waals surface area (Å²) in [5.41, 5.74) is 1.06. The molecule has 0 radical (unpaired) electrons. The summed E-state index contributed by atoms with van der Waals surface area (Å²) < 4.78 is 5.56. The zero-order valence-electron chi connectivity index (χ0n) is 9.85. The van der Waals surface area contributed by atoms with Gasteiger partial charge < -0.3 is 15.2 Å². The highest BCUT2D eigenvalue weighted by Crippen LogP contribution is 2.28. The molecule has 0 aromatic heterocycles. The molecule has 0 spiro atoms.